The zero-order chi connectivity index (χ0) is 11.8. The summed E-state index contributed by atoms with van der Waals surface area (Å²) in [7, 11) is 0. The molecule has 88 valence electrons. The quantitative estimate of drug-likeness (QED) is 0.493. The maximum Gasteiger partial charge on any atom is 0.307 e. The molecule has 0 unspecified atom stereocenters. The van der Waals surface area contributed by atoms with Crippen LogP contribution in [0.15, 0.2) is 22.9 Å². The number of aromatic nitrogens is 1. The van der Waals surface area contributed by atoms with Gasteiger partial charge in [0.2, 0.25) is 0 Å². The van der Waals surface area contributed by atoms with Gasteiger partial charge in [-0.2, -0.15) is 0 Å². The molecule has 1 rings (SSSR count). The van der Waals surface area contributed by atoms with Gasteiger partial charge in [0.25, 0.3) is 0 Å². The molecule has 1 heterocycles. The van der Waals surface area contributed by atoms with Gasteiger partial charge >= 0.3 is 5.97 Å². The summed E-state index contributed by atoms with van der Waals surface area (Å²) in [6.45, 7) is 3.57. The van der Waals surface area contributed by atoms with Crippen molar-refractivity contribution in [3.05, 3.63) is 28.5 Å². The number of carbonyl (C=O) groups is 1. The number of hydrogen-bond donors (Lipinski definition) is 1. The van der Waals surface area contributed by atoms with E-state index >= 15 is 0 Å². The Hall–Kier alpha value is -0.940. The van der Waals surface area contributed by atoms with E-state index in [2.05, 4.69) is 26.2 Å². The average molecular weight is 287 g/mol. The van der Waals surface area contributed by atoms with Crippen molar-refractivity contribution >= 4 is 21.9 Å². The molecule has 0 spiro atoms. The van der Waals surface area contributed by atoms with Crippen molar-refractivity contribution in [1.29, 1.82) is 0 Å². The van der Waals surface area contributed by atoms with Crippen LogP contribution in [-0.2, 0) is 16.1 Å². The van der Waals surface area contributed by atoms with Gasteiger partial charge in [0.15, 0.2) is 0 Å². The Bertz CT molecular complexity index is 327. The molecule has 0 saturated carbocycles. The van der Waals surface area contributed by atoms with Gasteiger partial charge in [0.1, 0.15) is 4.60 Å². The van der Waals surface area contributed by atoms with Crippen molar-refractivity contribution in [2.45, 2.75) is 19.9 Å². The molecular formula is C11H15BrN2O2. The molecule has 0 radical (unpaired) electrons. The van der Waals surface area contributed by atoms with Crippen molar-refractivity contribution < 1.29 is 9.53 Å². The molecule has 1 aromatic rings. The first kappa shape index (κ1) is 13.1. The SMILES string of the molecule is CCOC(=O)CCNCc1ccc(Br)nc1. The summed E-state index contributed by atoms with van der Waals surface area (Å²) in [6.07, 6.45) is 2.19. The number of rotatable bonds is 6. The summed E-state index contributed by atoms with van der Waals surface area (Å²) in [5, 5.41) is 3.15. The lowest BCUT2D eigenvalue weighted by Crippen LogP contribution is -2.19. The van der Waals surface area contributed by atoms with Crippen LogP contribution in [0.1, 0.15) is 18.9 Å². The van der Waals surface area contributed by atoms with Gasteiger partial charge in [0.05, 0.1) is 13.0 Å². The number of ether oxygens (including phenoxy) is 1. The Balaban J connectivity index is 2.16. The number of hydrogen-bond acceptors (Lipinski definition) is 4. The van der Waals surface area contributed by atoms with E-state index < -0.39 is 0 Å². The second-order valence-electron chi connectivity index (χ2n) is 3.22. The van der Waals surface area contributed by atoms with Crippen molar-refractivity contribution in [3.8, 4) is 0 Å². The fraction of sp³-hybridized carbons (Fsp3) is 0.455. The third-order valence-corrected chi connectivity index (χ3v) is 2.40. The molecule has 5 heteroatoms. The topological polar surface area (TPSA) is 51.2 Å². The van der Waals surface area contributed by atoms with E-state index in [1.807, 2.05) is 12.1 Å². The first-order chi connectivity index (χ1) is 7.72. The fourth-order valence-electron chi connectivity index (χ4n) is 1.17. The van der Waals surface area contributed by atoms with E-state index in [4.69, 9.17) is 4.74 Å². The van der Waals surface area contributed by atoms with Gasteiger partial charge in [-0.3, -0.25) is 4.79 Å². The number of nitrogens with zero attached hydrogens (tertiary/aromatic N) is 1. The Morgan fingerprint density at radius 3 is 3.00 bits per heavy atom. The van der Waals surface area contributed by atoms with Crippen LogP contribution in [0.4, 0.5) is 0 Å². The number of carbonyl (C=O) groups excluding carboxylic acids is 1. The molecule has 0 aliphatic carbocycles. The summed E-state index contributed by atoms with van der Waals surface area (Å²) in [6, 6.07) is 3.87. The Morgan fingerprint density at radius 2 is 2.38 bits per heavy atom. The molecule has 1 N–H and O–H groups in total. The van der Waals surface area contributed by atoms with E-state index in [-0.39, 0.29) is 5.97 Å². The molecule has 0 amide bonds. The highest BCUT2D eigenvalue weighted by molar-refractivity contribution is 9.10. The molecule has 4 nitrogen and oxygen atoms in total. The van der Waals surface area contributed by atoms with Crippen LogP contribution < -0.4 is 5.32 Å². The Kier molecular flexibility index (Phi) is 6.03. The van der Waals surface area contributed by atoms with Gasteiger partial charge in [-0.25, -0.2) is 4.98 Å². The fourth-order valence-corrected chi connectivity index (χ4v) is 1.40. The summed E-state index contributed by atoms with van der Waals surface area (Å²) in [5.41, 5.74) is 1.09. The van der Waals surface area contributed by atoms with Crippen LogP contribution in [0.25, 0.3) is 0 Å². The maximum atomic E-state index is 11.0. The largest absolute Gasteiger partial charge is 0.466 e. The highest BCUT2D eigenvalue weighted by Crippen LogP contribution is 2.05. The van der Waals surface area contributed by atoms with E-state index in [0.717, 1.165) is 10.2 Å². The minimum Gasteiger partial charge on any atom is -0.466 e. The molecule has 0 atom stereocenters. The second kappa shape index (κ2) is 7.35. The summed E-state index contributed by atoms with van der Waals surface area (Å²) < 4.78 is 5.63. The minimum atomic E-state index is -0.163. The monoisotopic (exact) mass is 286 g/mol. The minimum absolute atomic E-state index is 0.163. The zero-order valence-electron chi connectivity index (χ0n) is 9.20. The van der Waals surface area contributed by atoms with Crippen LogP contribution in [0.5, 0.6) is 0 Å². The van der Waals surface area contributed by atoms with Gasteiger partial charge < -0.3 is 10.1 Å². The van der Waals surface area contributed by atoms with E-state index in [1.165, 1.54) is 0 Å². The predicted octanol–water partition coefficient (Wildman–Crippen LogP) is 1.89. The van der Waals surface area contributed by atoms with Crippen LogP contribution in [0, 0.1) is 0 Å². The predicted molar refractivity (Wildman–Crippen MR) is 64.9 cm³/mol. The first-order valence-corrected chi connectivity index (χ1v) is 5.98. The summed E-state index contributed by atoms with van der Waals surface area (Å²) >= 11 is 3.27. The van der Waals surface area contributed by atoms with E-state index in [9.17, 15) is 4.79 Å². The van der Waals surface area contributed by atoms with Gasteiger partial charge in [0, 0.05) is 19.3 Å². The second-order valence-corrected chi connectivity index (χ2v) is 4.03. The third-order valence-electron chi connectivity index (χ3n) is 1.93. The molecular weight excluding hydrogens is 272 g/mol. The van der Waals surface area contributed by atoms with Crippen LogP contribution in [-0.4, -0.2) is 24.1 Å². The van der Waals surface area contributed by atoms with Crippen molar-refractivity contribution in [3.63, 3.8) is 0 Å². The molecule has 0 aliphatic rings. The molecule has 0 aromatic carbocycles. The summed E-state index contributed by atoms with van der Waals surface area (Å²) in [5.74, 6) is -0.163. The average Bonchev–Trinajstić information content (AvgIpc) is 2.27. The summed E-state index contributed by atoms with van der Waals surface area (Å²) in [4.78, 5) is 15.1. The van der Waals surface area contributed by atoms with Crippen LogP contribution >= 0.6 is 15.9 Å². The molecule has 16 heavy (non-hydrogen) atoms. The molecule has 1 aromatic heterocycles. The number of esters is 1. The number of nitrogens with one attached hydrogen (secondary N) is 1. The lowest BCUT2D eigenvalue weighted by molar-refractivity contribution is -0.142. The lowest BCUT2D eigenvalue weighted by Gasteiger charge is -2.04. The third kappa shape index (κ3) is 5.23. The van der Waals surface area contributed by atoms with E-state index in [0.29, 0.717) is 26.1 Å². The molecule has 0 aliphatic heterocycles. The van der Waals surface area contributed by atoms with Crippen molar-refractivity contribution in [2.24, 2.45) is 0 Å². The van der Waals surface area contributed by atoms with Crippen molar-refractivity contribution in [2.75, 3.05) is 13.2 Å². The molecule has 0 saturated heterocycles. The maximum absolute atomic E-state index is 11.0. The van der Waals surface area contributed by atoms with Gasteiger partial charge in [-0.1, -0.05) is 6.07 Å². The lowest BCUT2D eigenvalue weighted by atomic mass is 10.3. The van der Waals surface area contributed by atoms with Crippen LogP contribution in [0.2, 0.25) is 0 Å². The number of halogens is 1. The Labute approximate surface area is 104 Å². The normalized spacial score (nSPS) is 10.1. The first-order valence-electron chi connectivity index (χ1n) is 5.19. The number of pyridine rings is 1. The van der Waals surface area contributed by atoms with E-state index in [1.54, 1.807) is 13.1 Å². The van der Waals surface area contributed by atoms with Gasteiger partial charge in [-0.05, 0) is 34.5 Å². The Morgan fingerprint density at radius 1 is 1.56 bits per heavy atom. The molecule has 0 bridgehead atoms. The highest BCUT2D eigenvalue weighted by Gasteiger charge is 2.00. The zero-order valence-corrected chi connectivity index (χ0v) is 10.8. The molecule has 0 fully saturated rings. The smallest absolute Gasteiger partial charge is 0.307 e. The van der Waals surface area contributed by atoms with Gasteiger partial charge in [-0.15, -0.1) is 0 Å². The highest BCUT2D eigenvalue weighted by atomic mass is 79.9. The standard InChI is InChI=1S/C11H15BrN2O2/c1-2-16-11(15)5-6-13-7-9-3-4-10(12)14-8-9/h3-4,8,13H,2,5-7H2,1H3. The van der Waals surface area contributed by atoms with Crippen LogP contribution in [0.3, 0.4) is 0 Å². The van der Waals surface area contributed by atoms with Crippen molar-refractivity contribution in [1.82, 2.24) is 10.3 Å².